The molecule has 0 radical (unpaired) electrons. The van der Waals surface area contributed by atoms with Crippen molar-refractivity contribution >= 4 is 11.9 Å². The van der Waals surface area contributed by atoms with E-state index in [0.29, 0.717) is 19.5 Å². The lowest BCUT2D eigenvalue weighted by Gasteiger charge is -2.28. The molecule has 0 aromatic heterocycles. The van der Waals surface area contributed by atoms with Crippen LogP contribution in [0.2, 0.25) is 0 Å². The highest BCUT2D eigenvalue weighted by molar-refractivity contribution is 5.89. The molecule has 0 spiro atoms. The maximum Gasteiger partial charge on any atom is 0.335 e. The van der Waals surface area contributed by atoms with Crippen LogP contribution in [0.25, 0.3) is 0 Å². The van der Waals surface area contributed by atoms with Crippen molar-refractivity contribution in [2.45, 2.75) is 45.3 Å². The zero-order valence-corrected chi connectivity index (χ0v) is 11.8. The first kappa shape index (κ1) is 14.5. The van der Waals surface area contributed by atoms with E-state index in [2.05, 4.69) is 0 Å². The minimum Gasteiger partial charge on any atom is -0.478 e. The van der Waals surface area contributed by atoms with Crippen LogP contribution >= 0.6 is 0 Å². The van der Waals surface area contributed by atoms with Gasteiger partial charge < -0.3 is 15.7 Å². The molecular formula is C15H20N2O3. The van der Waals surface area contributed by atoms with Gasteiger partial charge in [0.1, 0.15) is 0 Å². The number of nitrogens with zero attached hydrogens (tertiary/aromatic N) is 1. The first-order valence-corrected chi connectivity index (χ1v) is 6.78. The van der Waals surface area contributed by atoms with Crippen molar-refractivity contribution in [3.05, 3.63) is 34.9 Å². The molecule has 3 N–H and O–H groups in total. The van der Waals surface area contributed by atoms with Crippen LogP contribution in [0.4, 0.5) is 0 Å². The first-order valence-electron chi connectivity index (χ1n) is 6.78. The summed E-state index contributed by atoms with van der Waals surface area (Å²) in [6.07, 6.45) is 1.49. The Morgan fingerprint density at radius 1 is 1.35 bits per heavy atom. The molecule has 20 heavy (non-hydrogen) atoms. The van der Waals surface area contributed by atoms with E-state index < -0.39 is 11.5 Å². The number of carbonyl (C=O) groups excluding carboxylic acids is 1. The van der Waals surface area contributed by atoms with E-state index in [4.69, 9.17) is 10.8 Å². The second-order valence-corrected chi connectivity index (χ2v) is 5.62. The molecule has 0 bridgehead atoms. The molecule has 0 saturated carbocycles. The van der Waals surface area contributed by atoms with E-state index in [-0.39, 0.29) is 11.5 Å². The van der Waals surface area contributed by atoms with E-state index in [1.54, 1.807) is 30.0 Å². The second-order valence-electron chi connectivity index (χ2n) is 5.62. The van der Waals surface area contributed by atoms with Gasteiger partial charge >= 0.3 is 5.97 Å². The number of hydrogen-bond acceptors (Lipinski definition) is 3. The van der Waals surface area contributed by atoms with Crippen LogP contribution in [0, 0.1) is 0 Å². The normalized spacial score (nSPS) is 16.6. The number of amides is 1. The van der Waals surface area contributed by atoms with Gasteiger partial charge in [-0.15, -0.1) is 0 Å². The Hall–Kier alpha value is -1.88. The molecule has 5 heteroatoms. The first-order chi connectivity index (χ1) is 9.35. The molecule has 1 atom stereocenters. The third kappa shape index (κ3) is 2.67. The molecular weight excluding hydrogens is 256 g/mol. The third-order valence-corrected chi connectivity index (χ3v) is 3.72. The van der Waals surface area contributed by atoms with Crippen LogP contribution in [0.3, 0.4) is 0 Å². The van der Waals surface area contributed by atoms with E-state index in [1.807, 2.05) is 6.92 Å². The SMILES string of the molecule is CCCC(C)(N)C(=O)N1Cc2ccc(C(=O)O)cc2C1. The minimum atomic E-state index is -0.952. The summed E-state index contributed by atoms with van der Waals surface area (Å²) < 4.78 is 0. The molecule has 1 aliphatic heterocycles. The lowest BCUT2D eigenvalue weighted by molar-refractivity contribution is -0.137. The maximum absolute atomic E-state index is 12.4. The lowest BCUT2D eigenvalue weighted by Crippen LogP contribution is -2.51. The van der Waals surface area contributed by atoms with Crippen molar-refractivity contribution in [2.75, 3.05) is 0 Å². The van der Waals surface area contributed by atoms with Gasteiger partial charge in [-0.05, 0) is 36.6 Å². The molecule has 0 saturated heterocycles. The molecule has 1 aromatic carbocycles. The molecule has 1 unspecified atom stereocenters. The number of aromatic carboxylic acids is 1. The molecule has 1 amide bonds. The number of nitrogens with two attached hydrogens (primary N) is 1. The summed E-state index contributed by atoms with van der Waals surface area (Å²) in [4.78, 5) is 25.1. The fourth-order valence-corrected chi connectivity index (χ4v) is 2.66. The standard InChI is InChI=1S/C15H20N2O3/c1-3-6-15(2,16)14(20)17-8-11-5-4-10(13(18)19)7-12(11)9-17/h4-5,7H,3,6,8-9,16H2,1-2H3,(H,18,19). The van der Waals surface area contributed by atoms with Gasteiger partial charge in [-0.3, -0.25) is 4.79 Å². The number of hydrogen-bond donors (Lipinski definition) is 2. The van der Waals surface area contributed by atoms with Crippen molar-refractivity contribution in [2.24, 2.45) is 5.73 Å². The third-order valence-electron chi connectivity index (χ3n) is 3.72. The topological polar surface area (TPSA) is 83.6 Å². The van der Waals surface area contributed by atoms with Crippen molar-refractivity contribution < 1.29 is 14.7 Å². The second kappa shape index (κ2) is 5.25. The summed E-state index contributed by atoms with van der Waals surface area (Å²) in [5, 5.41) is 8.99. The average Bonchev–Trinajstić information content (AvgIpc) is 2.79. The Morgan fingerprint density at radius 3 is 2.60 bits per heavy atom. The van der Waals surface area contributed by atoms with Gasteiger partial charge in [0.15, 0.2) is 0 Å². The summed E-state index contributed by atoms with van der Waals surface area (Å²) >= 11 is 0. The summed E-state index contributed by atoms with van der Waals surface area (Å²) in [6, 6.07) is 4.99. The number of carbonyl (C=O) groups is 2. The Bertz CT molecular complexity index is 552. The van der Waals surface area contributed by atoms with Gasteiger partial charge in [0.05, 0.1) is 11.1 Å². The lowest BCUT2D eigenvalue weighted by atomic mass is 9.96. The fraction of sp³-hybridized carbons (Fsp3) is 0.467. The number of carboxylic acids is 1. The van der Waals surface area contributed by atoms with E-state index in [1.165, 1.54) is 0 Å². The molecule has 108 valence electrons. The number of carboxylic acid groups (broad SMARTS) is 1. The van der Waals surface area contributed by atoms with Crippen molar-refractivity contribution in [1.29, 1.82) is 0 Å². The molecule has 1 aromatic rings. The molecule has 2 rings (SSSR count). The van der Waals surface area contributed by atoms with Crippen LogP contribution in [0.15, 0.2) is 18.2 Å². The van der Waals surface area contributed by atoms with Gasteiger partial charge in [-0.1, -0.05) is 19.4 Å². The van der Waals surface area contributed by atoms with Crippen LogP contribution in [-0.2, 0) is 17.9 Å². The van der Waals surface area contributed by atoms with Crippen LogP contribution in [0.5, 0.6) is 0 Å². The molecule has 1 heterocycles. The van der Waals surface area contributed by atoms with Crippen molar-refractivity contribution in [3.8, 4) is 0 Å². The van der Waals surface area contributed by atoms with Crippen LogP contribution in [-0.4, -0.2) is 27.4 Å². The fourth-order valence-electron chi connectivity index (χ4n) is 2.66. The highest BCUT2D eigenvalue weighted by Crippen LogP contribution is 2.26. The number of rotatable bonds is 4. The Labute approximate surface area is 118 Å². The summed E-state index contributed by atoms with van der Waals surface area (Å²) in [5.74, 6) is -1.03. The maximum atomic E-state index is 12.4. The predicted octanol–water partition coefficient (Wildman–Crippen LogP) is 1.74. The predicted molar refractivity (Wildman–Crippen MR) is 75.2 cm³/mol. The van der Waals surface area contributed by atoms with Crippen molar-refractivity contribution in [3.63, 3.8) is 0 Å². The Morgan fingerprint density at radius 2 is 2.00 bits per heavy atom. The monoisotopic (exact) mass is 276 g/mol. The molecule has 0 aliphatic carbocycles. The van der Waals surface area contributed by atoms with Crippen LogP contribution < -0.4 is 5.73 Å². The number of benzene rings is 1. The minimum absolute atomic E-state index is 0.0765. The van der Waals surface area contributed by atoms with E-state index in [9.17, 15) is 9.59 Å². The molecule has 5 nitrogen and oxygen atoms in total. The van der Waals surface area contributed by atoms with Gasteiger partial charge in [-0.25, -0.2) is 4.79 Å². The average molecular weight is 276 g/mol. The Balaban J connectivity index is 2.17. The molecule has 0 fully saturated rings. The zero-order chi connectivity index (χ0) is 14.9. The number of fused-ring (bicyclic) bond motifs is 1. The highest BCUT2D eigenvalue weighted by atomic mass is 16.4. The van der Waals surface area contributed by atoms with Gasteiger partial charge in [0.25, 0.3) is 0 Å². The van der Waals surface area contributed by atoms with Crippen LogP contribution in [0.1, 0.15) is 48.2 Å². The Kier molecular flexibility index (Phi) is 3.81. The summed E-state index contributed by atoms with van der Waals surface area (Å²) in [6.45, 7) is 4.69. The van der Waals surface area contributed by atoms with Gasteiger partial charge in [0, 0.05) is 13.1 Å². The highest BCUT2D eigenvalue weighted by Gasteiger charge is 2.34. The van der Waals surface area contributed by atoms with Gasteiger partial charge in [0.2, 0.25) is 5.91 Å². The summed E-state index contributed by atoms with van der Waals surface area (Å²) in [7, 11) is 0. The largest absolute Gasteiger partial charge is 0.478 e. The van der Waals surface area contributed by atoms with E-state index >= 15 is 0 Å². The zero-order valence-electron chi connectivity index (χ0n) is 11.8. The van der Waals surface area contributed by atoms with Crippen molar-refractivity contribution in [1.82, 2.24) is 4.90 Å². The molecule has 1 aliphatic rings. The van der Waals surface area contributed by atoms with E-state index in [0.717, 1.165) is 17.5 Å². The summed E-state index contributed by atoms with van der Waals surface area (Å²) in [5.41, 5.74) is 7.37. The smallest absolute Gasteiger partial charge is 0.335 e. The quantitative estimate of drug-likeness (QED) is 0.877. The van der Waals surface area contributed by atoms with Gasteiger partial charge in [-0.2, -0.15) is 0 Å².